The summed E-state index contributed by atoms with van der Waals surface area (Å²) < 4.78 is 6.17. The molecule has 25 heavy (non-hydrogen) atoms. The molecule has 1 aliphatic heterocycles. The number of carbonyl (C=O) groups excluding carboxylic acids is 1. The van der Waals surface area contributed by atoms with E-state index in [-0.39, 0.29) is 43.2 Å². The number of H-pyrrole nitrogens is 1. The fourth-order valence-electron chi connectivity index (χ4n) is 2.84. The molecular weight excluding hydrogens is 330 g/mol. The van der Waals surface area contributed by atoms with Crippen LogP contribution in [0.5, 0.6) is 0 Å². The standard InChI is InChI=1S/C16H17N3O6/c1-2-19-14(21)10-4-3-9(7-11(10)17-16(19)24)13(20)18-5-6-25-12(8-18)15(22)23/h3-4,7,12H,2,5-6,8H2,1H3,(H,17,24)(H,22,23)/t12-/m0/s1. The van der Waals surface area contributed by atoms with Gasteiger partial charge in [0.2, 0.25) is 0 Å². The van der Waals surface area contributed by atoms with Crippen LogP contribution < -0.4 is 11.2 Å². The normalized spacial score (nSPS) is 17.6. The van der Waals surface area contributed by atoms with Gasteiger partial charge in [-0.2, -0.15) is 0 Å². The van der Waals surface area contributed by atoms with Crippen molar-refractivity contribution in [2.45, 2.75) is 19.6 Å². The molecule has 1 amide bonds. The predicted molar refractivity (Wildman–Crippen MR) is 87.8 cm³/mol. The number of aromatic nitrogens is 2. The smallest absolute Gasteiger partial charge is 0.334 e. The molecule has 2 heterocycles. The van der Waals surface area contributed by atoms with Crippen LogP contribution in [0.15, 0.2) is 27.8 Å². The topological polar surface area (TPSA) is 122 Å². The van der Waals surface area contributed by atoms with Gasteiger partial charge in [0.25, 0.3) is 11.5 Å². The number of morpholine rings is 1. The maximum atomic E-state index is 12.6. The Kier molecular flexibility index (Phi) is 4.41. The number of hydrogen-bond acceptors (Lipinski definition) is 5. The second kappa shape index (κ2) is 6.52. The monoisotopic (exact) mass is 347 g/mol. The second-order valence-corrected chi connectivity index (χ2v) is 5.69. The Hall–Kier alpha value is -2.94. The second-order valence-electron chi connectivity index (χ2n) is 5.69. The third-order valence-electron chi connectivity index (χ3n) is 4.17. The summed E-state index contributed by atoms with van der Waals surface area (Å²) in [6.45, 7) is 2.29. The van der Waals surface area contributed by atoms with Crippen molar-refractivity contribution in [2.24, 2.45) is 0 Å². The summed E-state index contributed by atoms with van der Waals surface area (Å²) in [5.41, 5.74) is -0.420. The first kappa shape index (κ1) is 16.9. The summed E-state index contributed by atoms with van der Waals surface area (Å²) >= 11 is 0. The highest BCUT2D eigenvalue weighted by atomic mass is 16.5. The molecule has 1 fully saturated rings. The van der Waals surface area contributed by atoms with Crippen LogP contribution in [0.1, 0.15) is 17.3 Å². The molecule has 0 bridgehead atoms. The number of benzene rings is 1. The van der Waals surface area contributed by atoms with E-state index in [4.69, 9.17) is 9.84 Å². The van der Waals surface area contributed by atoms with Crippen molar-refractivity contribution < 1.29 is 19.4 Å². The minimum atomic E-state index is -1.12. The first-order chi connectivity index (χ1) is 11.9. The number of nitrogens with zero attached hydrogens (tertiary/aromatic N) is 2. The van der Waals surface area contributed by atoms with Crippen LogP contribution in [0.2, 0.25) is 0 Å². The molecule has 0 unspecified atom stereocenters. The van der Waals surface area contributed by atoms with Gasteiger partial charge < -0.3 is 19.7 Å². The third-order valence-corrected chi connectivity index (χ3v) is 4.17. The number of carboxylic acids is 1. The lowest BCUT2D eigenvalue weighted by molar-refractivity contribution is -0.154. The van der Waals surface area contributed by atoms with Gasteiger partial charge in [0, 0.05) is 18.7 Å². The molecule has 2 N–H and O–H groups in total. The molecule has 1 aliphatic rings. The lowest BCUT2D eigenvalue weighted by Gasteiger charge is -2.30. The number of amides is 1. The lowest BCUT2D eigenvalue weighted by atomic mass is 10.1. The molecule has 0 spiro atoms. The van der Waals surface area contributed by atoms with Crippen LogP contribution in [-0.2, 0) is 16.1 Å². The summed E-state index contributed by atoms with van der Waals surface area (Å²) in [5.74, 6) is -1.50. The minimum absolute atomic E-state index is 0.0554. The van der Waals surface area contributed by atoms with Gasteiger partial charge in [-0.05, 0) is 25.1 Å². The Morgan fingerprint density at radius 3 is 2.80 bits per heavy atom. The molecule has 1 atom stereocenters. The highest BCUT2D eigenvalue weighted by Gasteiger charge is 2.29. The summed E-state index contributed by atoms with van der Waals surface area (Å²) in [4.78, 5) is 51.8. The molecule has 3 rings (SSSR count). The van der Waals surface area contributed by atoms with Gasteiger partial charge in [-0.25, -0.2) is 9.59 Å². The van der Waals surface area contributed by atoms with Crippen molar-refractivity contribution in [3.8, 4) is 0 Å². The number of aromatic amines is 1. The largest absolute Gasteiger partial charge is 0.479 e. The lowest BCUT2D eigenvalue weighted by Crippen LogP contribution is -2.48. The predicted octanol–water partition coefficient (Wildman–Crippen LogP) is -0.365. The Morgan fingerprint density at radius 1 is 1.36 bits per heavy atom. The number of carboxylic acid groups (broad SMARTS) is 1. The van der Waals surface area contributed by atoms with Crippen molar-refractivity contribution in [1.82, 2.24) is 14.5 Å². The Morgan fingerprint density at radius 2 is 2.12 bits per heavy atom. The van der Waals surface area contributed by atoms with E-state index in [2.05, 4.69) is 4.98 Å². The van der Waals surface area contributed by atoms with Crippen molar-refractivity contribution in [2.75, 3.05) is 19.7 Å². The zero-order valence-corrected chi connectivity index (χ0v) is 13.5. The van der Waals surface area contributed by atoms with E-state index in [0.29, 0.717) is 5.39 Å². The van der Waals surface area contributed by atoms with Crippen LogP contribution in [0.4, 0.5) is 0 Å². The highest BCUT2D eigenvalue weighted by Crippen LogP contribution is 2.14. The van der Waals surface area contributed by atoms with E-state index < -0.39 is 23.3 Å². The first-order valence-electron chi connectivity index (χ1n) is 7.83. The van der Waals surface area contributed by atoms with Gasteiger partial charge in [0.1, 0.15) is 0 Å². The molecule has 2 aromatic rings. The maximum absolute atomic E-state index is 12.6. The average molecular weight is 347 g/mol. The summed E-state index contributed by atoms with van der Waals surface area (Å²) in [6.07, 6.45) is -1.06. The Bertz CT molecular complexity index is 960. The number of ether oxygens (including phenoxy) is 1. The molecule has 0 saturated carbocycles. The van der Waals surface area contributed by atoms with Gasteiger partial charge in [-0.1, -0.05) is 0 Å². The fraction of sp³-hybridized carbons (Fsp3) is 0.375. The third kappa shape index (κ3) is 3.05. The fourth-order valence-corrected chi connectivity index (χ4v) is 2.84. The van der Waals surface area contributed by atoms with Crippen LogP contribution in [-0.4, -0.2) is 57.2 Å². The molecule has 0 radical (unpaired) electrons. The maximum Gasteiger partial charge on any atom is 0.334 e. The van der Waals surface area contributed by atoms with Crippen LogP contribution in [0.3, 0.4) is 0 Å². The first-order valence-corrected chi connectivity index (χ1v) is 7.83. The molecular formula is C16H17N3O6. The SMILES string of the molecule is CCn1c(=O)[nH]c2cc(C(=O)N3CCO[C@H](C(=O)O)C3)ccc2c1=O. The Labute approximate surface area is 141 Å². The van der Waals surface area contributed by atoms with Crippen molar-refractivity contribution in [3.05, 3.63) is 44.6 Å². The van der Waals surface area contributed by atoms with Crippen LogP contribution in [0.25, 0.3) is 10.9 Å². The number of fused-ring (bicyclic) bond motifs is 1. The molecule has 0 aliphatic carbocycles. The zero-order chi connectivity index (χ0) is 18.1. The van der Waals surface area contributed by atoms with Crippen molar-refractivity contribution in [3.63, 3.8) is 0 Å². The van der Waals surface area contributed by atoms with Crippen LogP contribution in [0, 0.1) is 0 Å². The van der Waals surface area contributed by atoms with E-state index in [1.54, 1.807) is 6.92 Å². The number of carbonyl (C=O) groups is 2. The summed E-state index contributed by atoms with van der Waals surface area (Å²) in [5, 5.41) is 9.33. The number of aliphatic carboxylic acids is 1. The van der Waals surface area contributed by atoms with Crippen molar-refractivity contribution >= 4 is 22.8 Å². The number of rotatable bonds is 3. The number of nitrogens with one attached hydrogen (secondary N) is 1. The summed E-state index contributed by atoms with van der Waals surface area (Å²) in [6, 6.07) is 4.42. The molecule has 1 aromatic heterocycles. The quantitative estimate of drug-likeness (QED) is 0.782. The molecule has 9 heteroatoms. The van der Waals surface area contributed by atoms with Gasteiger partial charge in [0.05, 0.1) is 24.1 Å². The van der Waals surface area contributed by atoms with E-state index in [1.165, 1.54) is 23.1 Å². The minimum Gasteiger partial charge on any atom is -0.479 e. The van der Waals surface area contributed by atoms with Crippen molar-refractivity contribution in [1.29, 1.82) is 0 Å². The van der Waals surface area contributed by atoms with Gasteiger partial charge in [-0.3, -0.25) is 14.2 Å². The number of hydrogen-bond donors (Lipinski definition) is 2. The molecule has 1 saturated heterocycles. The van der Waals surface area contributed by atoms with E-state index in [1.807, 2.05) is 0 Å². The Balaban J connectivity index is 1.96. The van der Waals surface area contributed by atoms with Crippen LogP contribution >= 0.6 is 0 Å². The zero-order valence-electron chi connectivity index (χ0n) is 13.5. The molecule has 9 nitrogen and oxygen atoms in total. The van der Waals surface area contributed by atoms with E-state index in [0.717, 1.165) is 4.57 Å². The highest BCUT2D eigenvalue weighted by molar-refractivity contribution is 5.98. The summed E-state index contributed by atoms with van der Waals surface area (Å²) in [7, 11) is 0. The van der Waals surface area contributed by atoms with E-state index >= 15 is 0 Å². The average Bonchev–Trinajstić information content (AvgIpc) is 2.61. The van der Waals surface area contributed by atoms with Gasteiger partial charge >= 0.3 is 11.7 Å². The van der Waals surface area contributed by atoms with Gasteiger partial charge in [0.15, 0.2) is 6.10 Å². The van der Waals surface area contributed by atoms with E-state index in [9.17, 15) is 19.2 Å². The molecule has 1 aromatic carbocycles. The van der Waals surface area contributed by atoms with Gasteiger partial charge in [-0.15, -0.1) is 0 Å². The molecule has 132 valence electrons.